The fraction of sp³-hybridized carbons (Fsp3) is 0.444. The van der Waals surface area contributed by atoms with Crippen molar-refractivity contribution >= 4 is 5.91 Å². The molecule has 2 aliphatic rings. The van der Waals surface area contributed by atoms with E-state index in [2.05, 4.69) is 16.0 Å². The Balaban J connectivity index is 1.28. The third-order valence-electron chi connectivity index (χ3n) is 4.83. The maximum absolute atomic E-state index is 12.6. The number of rotatable bonds is 4. The summed E-state index contributed by atoms with van der Waals surface area (Å²) in [7, 11) is 0. The van der Waals surface area contributed by atoms with Crippen LogP contribution in [0.3, 0.4) is 0 Å². The summed E-state index contributed by atoms with van der Waals surface area (Å²) in [5.74, 6) is 1.68. The highest BCUT2D eigenvalue weighted by molar-refractivity contribution is 5.83. The molecule has 0 N–H and O–H groups in total. The molecular formula is C18H21N3O2. The molecule has 23 heavy (non-hydrogen) atoms. The van der Waals surface area contributed by atoms with E-state index in [4.69, 9.17) is 4.42 Å². The Morgan fingerprint density at radius 2 is 2.09 bits per heavy atom. The molecule has 2 fully saturated rings. The highest BCUT2D eigenvalue weighted by Gasteiger charge is 2.47. The summed E-state index contributed by atoms with van der Waals surface area (Å²) in [5, 5.41) is 0. The Kier molecular flexibility index (Phi) is 3.87. The molecule has 4 rings (SSSR count). The molecule has 1 amide bonds. The zero-order valence-electron chi connectivity index (χ0n) is 13.1. The van der Waals surface area contributed by atoms with Gasteiger partial charge in [0.1, 0.15) is 5.76 Å². The van der Waals surface area contributed by atoms with Crippen molar-refractivity contribution in [2.45, 2.75) is 18.9 Å². The fourth-order valence-corrected chi connectivity index (χ4v) is 3.40. The van der Waals surface area contributed by atoms with Crippen LogP contribution in [0.2, 0.25) is 0 Å². The topological polar surface area (TPSA) is 49.6 Å². The van der Waals surface area contributed by atoms with Crippen molar-refractivity contribution in [1.29, 1.82) is 0 Å². The van der Waals surface area contributed by atoms with Gasteiger partial charge in [0.05, 0.1) is 6.26 Å². The average molecular weight is 311 g/mol. The van der Waals surface area contributed by atoms with Crippen molar-refractivity contribution in [2.75, 3.05) is 26.2 Å². The Morgan fingerprint density at radius 3 is 2.78 bits per heavy atom. The molecule has 1 saturated heterocycles. The lowest BCUT2D eigenvalue weighted by Crippen LogP contribution is -2.48. The molecule has 2 atom stereocenters. The summed E-state index contributed by atoms with van der Waals surface area (Å²) >= 11 is 0. The lowest BCUT2D eigenvalue weighted by Gasteiger charge is -2.34. The van der Waals surface area contributed by atoms with Crippen LogP contribution in [0.1, 0.15) is 23.7 Å². The number of hydrogen-bond donors (Lipinski definition) is 0. The second-order valence-electron chi connectivity index (χ2n) is 6.43. The Hall–Kier alpha value is -2.14. The molecule has 2 aromatic heterocycles. The number of aromatic nitrogens is 1. The lowest BCUT2D eigenvalue weighted by atomic mass is 10.2. The number of furan rings is 1. The normalized spacial score (nSPS) is 24.6. The van der Waals surface area contributed by atoms with Gasteiger partial charge in [-0.15, -0.1) is 0 Å². The van der Waals surface area contributed by atoms with E-state index in [1.165, 1.54) is 5.56 Å². The van der Waals surface area contributed by atoms with E-state index in [0.29, 0.717) is 11.8 Å². The first-order valence-corrected chi connectivity index (χ1v) is 8.25. The maximum atomic E-state index is 12.6. The molecule has 0 aromatic carbocycles. The first kappa shape index (κ1) is 14.5. The van der Waals surface area contributed by atoms with Crippen molar-refractivity contribution in [2.24, 2.45) is 5.92 Å². The minimum absolute atomic E-state index is 0.131. The number of carbonyl (C=O) groups excluding carboxylic acids is 1. The quantitative estimate of drug-likeness (QED) is 0.868. The summed E-state index contributed by atoms with van der Waals surface area (Å²) in [6, 6.07) is 7.94. The standard InChI is InChI=1S/C18H21N3O2/c22-18(16-11-15(16)17-4-2-10-23-17)21-8-6-20(7-9-21)13-14-3-1-5-19-12-14/h1-5,10,12,15-16H,6-9,11,13H2. The first-order valence-electron chi connectivity index (χ1n) is 8.25. The third-order valence-corrected chi connectivity index (χ3v) is 4.83. The van der Waals surface area contributed by atoms with Gasteiger partial charge in [-0.3, -0.25) is 14.7 Å². The SMILES string of the molecule is O=C(C1CC1c1ccco1)N1CCN(Cc2cccnc2)CC1. The third kappa shape index (κ3) is 3.15. The number of hydrogen-bond acceptors (Lipinski definition) is 4. The van der Waals surface area contributed by atoms with Gasteiger partial charge in [-0.25, -0.2) is 0 Å². The molecule has 120 valence electrons. The number of piperazine rings is 1. The number of pyridine rings is 1. The van der Waals surface area contributed by atoms with Crippen LogP contribution in [-0.2, 0) is 11.3 Å². The molecule has 0 radical (unpaired) electrons. The van der Waals surface area contributed by atoms with E-state index in [1.807, 2.05) is 29.3 Å². The van der Waals surface area contributed by atoms with Crippen LogP contribution in [0.25, 0.3) is 0 Å². The molecule has 3 heterocycles. The first-order chi connectivity index (χ1) is 11.3. The Labute approximate surface area is 135 Å². The molecular weight excluding hydrogens is 290 g/mol. The highest BCUT2D eigenvalue weighted by atomic mass is 16.3. The van der Waals surface area contributed by atoms with Crippen LogP contribution in [0, 0.1) is 5.92 Å². The molecule has 5 nitrogen and oxygen atoms in total. The second kappa shape index (κ2) is 6.16. The molecule has 5 heteroatoms. The van der Waals surface area contributed by atoms with Crippen LogP contribution < -0.4 is 0 Å². The van der Waals surface area contributed by atoms with Crippen LogP contribution in [0.4, 0.5) is 0 Å². The van der Waals surface area contributed by atoms with Crippen molar-refractivity contribution in [3.05, 3.63) is 54.2 Å². The van der Waals surface area contributed by atoms with Crippen molar-refractivity contribution in [3.8, 4) is 0 Å². The lowest BCUT2D eigenvalue weighted by molar-refractivity contribution is -0.134. The fourth-order valence-electron chi connectivity index (χ4n) is 3.40. The van der Waals surface area contributed by atoms with Crippen LogP contribution in [0.5, 0.6) is 0 Å². The number of carbonyl (C=O) groups is 1. The molecule has 0 bridgehead atoms. The van der Waals surface area contributed by atoms with Crippen molar-refractivity contribution in [3.63, 3.8) is 0 Å². The van der Waals surface area contributed by atoms with E-state index >= 15 is 0 Å². The van der Waals surface area contributed by atoms with Gasteiger partial charge in [0.15, 0.2) is 0 Å². The predicted octanol–water partition coefficient (Wildman–Crippen LogP) is 2.12. The van der Waals surface area contributed by atoms with E-state index in [9.17, 15) is 4.79 Å². The van der Waals surface area contributed by atoms with E-state index in [-0.39, 0.29) is 5.92 Å². The molecule has 2 aromatic rings. The summed E-state index contributed by atoms with van der Waals surface area (Å²) in [5.41, 5.74) is 1.23. The van der Waals surface area contributed by atoms with Gasteiger partial charge in [-0.2, -0.15) is 0 Å². The van der Waals surface area contributed by atoms with Gasteiger partial charge in [0, 0.05) is 57.0 Å². The van der Waals surface area contributed by atoms with Gasteiger partial charge in [0.2, 0.25) is 5.91 Å². The van der Waals surface area contributed by atoms with Gasteiger partial charge in [-0.05, 0) is 30.2 Å². The van der Waals surface area contributed by atoms with Crippen molar-refractivity contribution in [1.82, 2.24) is 14.8 Å². The largest absolute Gasteiger partial charge is 0.469 e. The van der Waals surface area contributed by atoms with Crippen LogP contribution >= 0.6 is 0 Å². The van der Waals surface area contributed by atoms with E-state index in [1.54, 1.807) is 12.5 Å². The minimum atomic E-state index is 0.131. The monoisotopic (exact) mass is 311 g/mol. The highest BCUT2D eigenvalue weighted by Crippen LogP contribution is 2.48. The summed E-state index contributed by atoms with van der Waals surface area (Å²) in [6.45, 7) is 4.41. The molecule has 1 saturated carbocycles. The van der Waals surface area contributed by atoms with E-state index < -0.39 is 0 Å². The van der Waals surface area contributed by atoms with Crippen LogP contribution in [0.15, 0.2) is 47.3 Å². The smallest absolute Gasteiger partial charge is 0.226 e. The van der Waals surface area contributed by atoms with Gasteiger partial charge in [0.25, 0.3) is 0 Å². The minimum Gasteiger partial charge on any atom is -0.469 e. The molecule has 1 aliphatic heterocycles. The number of nitrogens with zero attached hydrogens (tertiary/aromatic N) is 3. The summed E-state index contributed by atoms with van der Waals surface area (Å²) < 4.78 is 5.42. The van der Waals surface area contributed by atoms with E-state index in [0.717, 1.165) is 44.9 Å². The molecule has 0 spiro atoms. The zero-order chi connectivity index (χ0) is 15.6. The second-order valence-corrected chi connectivity index (χ2v) is 6.43. The van der Waals surface area contributed by atoms with Gasteiger partial charge in [-0.1, -0.05) is 6.07 Å². The predicted molar refractivity (Wildman–Crippen MR) is 85.7 cm³/mol. The zero-order valence-corrected chi connectivity index (χ0v) is 13.1. The maximum Gasteiger partial charge on any atom is 0.226 e. The van der Waals surface area contributed by atoms with Gasteiger partial charge < -0.3 is 9.32 Å². The molecule has 1 aliphatic carbocycles. The summed E-state index contributed by atoms with van der Waals surface area (Å²) in [4.78, 5) is 21.2. The van der Waals surface area contributed by atoms with Gasteiger partial charge >= 0.3 is 0 Å². The number of amides is 1. The Morgan fingerprint density at radius 1 is 1.22 bits per heavy atom. The Bertz CT molecular complexity index is 648. The van der Waals surface area contributed by atoms with Crippen LogP contribution in [-0.4, -0.2) is 46.9 Å². The summed E-state index contributed by atoms with van der Waals surface area (Å²) in [6.07, 6.45) is 6.33. The molecule has 2 unspecified atom stereocenters. The van der Waals surface area contributed by atoms with Crippen molar-refractivity contribution < 1.29 is 9.21 Å². The average Bonchev–Trinajstić information content (AvgIpc) is 3.21.